The number of oxazole rings is 1. The molecule has 3 rings (SSSR count). The molecule has 1 heterocycles. The van der Waals surface area contributed by atoms with Gasteiger partial charge in [0.05, 0.1) is 5.69 Å². The van der Waals surface area contributed by atoms with Crippen LogP contribution in [0.25, 0.3) is 11.5 Å². The minimum Gasteiger partial charge on any atom is -0.444 e. The lowest BCUT2D eigenvalue weighted by Crippen LogP contribution is -2.39. The average Bonchev–Trinajstić information content (AvgIpc) is 3.20. The fourth-order valence-electron chi connectivity index (χ4n) is 2.93. The van der Waals surface area contributed by atoms with Gasteiger partial charge in [-0.25, -0.2) is 4.98 Å². The van der Waals surface area contributed by atoms with Crippen LogP contribution in [-0.2, 0) is 6.42 Å². The molecule has 0 amide bonds. The number of nitrogens with one attached hydrogen (secondary N) is 2. The normalized spacial score (nSPS) is 12.6. The summed E-state index contributed by atoms with van der Waals surface area (Å²) in [5, 5.41) is 6.72. The summed E-state index contributed by atoms with van der Waals surface area (Å²) in [6, 6.07) is 18.7. The second-order valence-electron chi connectivity index (χ2n) is 6.95. The molecular weight excluding hydrogens is 348 g/mol. The fourth-order valence-corrected chi connectivity index (χ4v) is 2.93. The third-order valence-corrected chi connectivity index (χ3v) is 4.69. The number of aromatic nitrogens is 1. The third-order valence-electron chi connectivity index (χ3n) is 4.69. The van der Waals surface area contributed by atoms with Gasteiger partial charge in [-0.2, -0.15) is 0 Å². The predicted molar refractivity (Wildman–Crippen MR) is 115 cm³/mol. The highest BCUT2D eigenvalue weighted by Crippen LogP contribution is 2.19. The molecule has 0 saturated carbocycles. The number of nitrogens with zero attached hydrogens (tertiary/aromatic N) is 2. The maximum Gasteiger partial charge on any atom is 0.226 e. The Morgan fingerprint density at radius 3 is 2.54 bits per heavy atom. The van der Waals surface area contributed by atoms with Crippen molar-refractivity contribution in [2.75, 3.05) is 20.1 Å². The standard InChI is InChI=1S/C23H28N4O/c1-17-9-11-20(12-10-17)22-27-21(16-28-22)13-14-25-23(24-3)26-15-18(2)19-7-5-4-6-8-19/h4-12,16,18H,13-15H2,1-3H3,(H2,24,25,26). The summed E-state index contributed by atoms with van der Waals surface area (Å²) < 4.78 is 5.62. The van der Waals surface area contributed by atoms with Crippen LogP contribution in [0.2, 0.25) is 0 Å². The van der Waals surface area contributed by atoms with Crippen molar-refractivity contribution in [2.45, 2.75) is 26.2 Å². The van der Waals surface area contributed by atoms with E-state index in [1.807, 2.05) is 18.2 Å². The maximum atomic E-state index is 5.62. The molecule has 146 valence electrons. The highest BCUT2D eigenvalue weighted by molar-refractivity contribution is 5.79. The number of hydrogen-bond acceptors (Lipinski definition) is 3. The zero-order valence-corrected chi connectivity index (χ0v) is 16.8. The quantitative estimate of drug-likeness (QED) is 0.480. The van der Waals surface area contributed by atoms with Crippen LogP contribution in [0.15, 0.2) is 70.3 Å². The molecule has 0 aliphatic heterocycles. The molecular formula is C23H28N4O. The lowest BCUT2D eigenvalue weighted by molar-refractivity contribution is 0.572. The van der Waals surface area contributed by atoms with Crippen LogP contribution in [0.5, 0.6) is 0 Å². The zero-order valence-electron chi connectivity index (χ0n) is 16.8. The van der Waals surface area contributed by atoms with Gasteiger partial charge in [-0.3, -0.25) is 4.99 Å². The van der Waals surface area contributed by atoms with Crippen molar-refractivity contribution < 1.29 is 4.42 Å². The second-order valence-corrected chi connectivity index (χ2v) is 6.95. The van der Waals surface area contributed by atoms with Crippen molar-refractivity contribution in [1.29, 1.82) is 0 Å². The van der Waals surface area contributed by atoms with Crippen LogP contribution in [0.1, 0.15) is 29.7 Å². The lowest BCUT2D eigenvalue weighted by atomic mass is 10.0. The van der Waals surface area contributed by atoms with Gasteiger partial charge in [-0.1, -0.05) is 55.0 Å². The van der Waals surface area contributed by atoms with Gasteiger partial charge in [0.2, 0.25) is 5.89 Å². The van der Waals surface area contributed by atoms with Gasteiger partial charge in [0.25, 0.3) is 0 Å². The van der Waals surface area contributed by atoms with Crippen molar-refractivity contribution in [3.8, 4) is 11.5 Å². The molecule has 5 nitrogen and oxygen atoms in total. The molecule has 1 unspecified atom stereocenters. The molecule has 0 aliphatic carbocycles. The summed E-state index contributed by atoms with van der Waals surface area (Å²) >= 11 is 0. The van der Waals surface area contributed by atoms with Gasteiger partial charge < -0.3 is 15.1 Å². The highest BCUT2D eigenvalue weighted by atomic mass is 16.3. The Morgan fingerprint density at radius 1 is 1.07 bits per heavy atom. The topological polar surface area (TPSA) is 62.5 Å². The van der Waals surface area contributed by atoms with Crippen LogP contribution in [0.3, 0.4) is 0 Å². The molecule has 0 radical (unpaired) electrons. The Morgan fingerprint density at radius 2 is 1.82 bits per heavy atom. The summed E-state index contributed by atoms with van der Waals surface area (Å²) in [6.45, 7) is 5.83. The average molecular weight is 377 g/mol. The molecule has 2 aromatic carbocycles. The van der Waals surface area contributed by atoms with Crippen molar-refractivity contribution in [2.24, 2.45) is 4.99 Å². The molecule has 0 saturated heterocycles. The molecule has 1 aromatic heterocycles. The van der Waals surface area contributed by atoms with Gasteiger partial charge >= 0.3 is 0 Å². The van der Waals surface area contributed by atoms with Crippen molar-refractivity contribution >= 4 is 5.96 Å². The monoisotopic (exact) mass is 376 g/mol. The highest BCUT2D eigenvalue weighted by Gasteiger charge is 2.08. The van der Waals surface area contributed by atoms with Gasteiger partial charge in [0.15, 0.2) is 5.96 Å². The molecule has 0 spiro atoms. The molecule has 5 heteroatoms. The van der Waals surface area contributed by atoms with E-state index in [4.69, 9.17) is 4.42 Å². The summed E-state index contributed by atoms with van der Waals surface area (Å²) in [6.07, 6.45) is 2.49. The molecule has 0 aliphatic rings. The molecule has 0 fully saturated rings. The first kappa shape index (κ1) is 19.7. The SMILES string of the molecule is CN=C(NCCc1coc(-c2ccc(C)cc2)n1)NCC(C)c1ccccc1. The summed E-state index contributed by atoms with van der Waals surface area (Å²) in [5.41, 5.74) is 4.46. The smallest absolute Gasteiger partial charge is 0.226 e. The summed E-state index contributed by atoms with van der Waals surface area (Å²) in [4.78, 5) is 8.88. The Bertz CT molecular complexity index is 884. The minimum absolute atomic E-state index is 0.410. The van der Waals surface area contributed by atoms with Crippen molar-refractivity contribution in [3.63, 3.8) is 0 Å². The van der Waals surface area contributed by atoms with E-state index in [2.05, 4.69) is 70.9 Å². The van der Waals surface area contributed by atoms with Crippen LogP contribution in [0, 0.1) is 6.92 Å². The molecule has 1 atom stereocenters. The number of aryl methyl sites for hydroxylation is 1. The van der Waals surface area contributed by atoms with Crippen LogP contribution < -0.4 is 10.6 Å². The van der Waals surface area contributed by atoms with E-state index in [0.717, 1.165) is 36.7 Å². The van der Waals surface area contributed by atoms with Crippen molar-refractivity contribution in [1.82, 2.24) is 15.6 Å². The van der Waals surface area contributed by atoms with E-state index in [1.165, 1.54) is 11.1 Å². The first-order valence-corrected chi connectivity index (χ1v) is 9.66. The molecule has 2 N–H and O–H groups in total. The lowest BCUT2D eigenvalue weighted by Gasteiger charge is -2.16. The van der Waals surface area contributed by atoms with Crippen LogP contribution in [-0.4, -0.2) is 31.1 Å². The number of guanidine groups is 1. The van der Waals surface area contributed by atoms with Gasteiger partial charge in [0, 0.05) is 32.1 Å². The largest absolute Gasteiger partial charge is 0.444 e. The summed E-state index contributed by atoms with van der Waals surface area (Å²) in [5.74, 6) is 1.87. The fraction of sp³-hybridized carbons (Fsp3) is 0.304. The number of benzene rings is 2. The predicted octanol–water partition coefficient (Wildman–Crippen LogP) is 4.16. The summed E-state index contributed by atoms with van der Waals surface area (Å²) in [7, 11) is 1.79. The number of aliphatic imine (C=N–C) groups is 1. The van der Waals surface area contributed by atoms with E-state index in [9.17, 15) is 0 Å². The van der Waals surface area contributed by atoms with E-state index in [0.29, 0.717) is 11.8 Å². The number of rotatable bonds is 7. The third kappa shape index (κ3) is 5.46. The molecule has 3 aromatic rings. The first-order chi connectivity index (χ1) is 13.7. The van der Waals surface area contributed by atoms with E-state index in [1.54, 1.807) is 13.3 Å². The number of hydrogen-bond donors (Lipinski definition) is 2. The zero-order chi connectivity index (χ0) is 19.8. The van der Waals surface area contributed by atoms with E-state index in [-0.39, 0.29) is 0 Å². The molecule has 0 bridgehead atoms. The Labute approximate surface area is 166 Å². The van der Waals surface area contributed by atoms with Gasteiger partial charge in [0.1, 0.15) is 6.26 Å². The minimum atomic E-state index is 0.410. The van der Waals surface area contributed by atoms with Crippen LogP contribution in [0.4, 0.5) is 0 Å². The molecule has 28 heavy (non-hydrogen) atoms. The van der Waals surface area contributed by atoms with Crippen molar-refractivity contribution in [3.05, 3.63) is 77.7 Å². The Kier molecular flexibility index (Phi) is 6.84. The van der Waals surface area contributed by atoms with Gasteiger partial charge in [-0.15, -0.1) is 0 Å². The van der Waals surface area contributed by atoms with Gasteiger partial charge in [-0.05, 0) is 30.5 Å². The Balaban J connectivity index is 1.45. The van der Waals surface area contributed by atoms with E-state index >= 15 is 0 Å². The Hall–Kier alpha value is -3.08. The second kappa shape index (κ2) is 9.74. The first-order valence-electron chi connectivity index (χ1n) is 9.66. The van der Waals surface area contributed by atoms with E-state index < -0.39 is 0 Å². The maximum absolute atomic E-state index is 5.62. The van der Waals surface area contributed by atoms with Crippen LogP contribution >= 0.6 is 0 Å².